The average molecular weight is 409 g/mol. The molecule has 20 heavy (non-hydrogen) atoms. The SMILES string of the molecule is CCC[CH2][Sn+]([CH2]CCC)[CH2]CCC.CCSCC(=O)[O-]. The van der Waals surface area contributed by atoms with Crippen molar-refractivity contribution >= 4 is 37.5 Å². The molecule has 120 valence electrons. The zero-order valence-corrected chi connectivity index (χ0v) is 17.7. The second-order valence-corrected chi connectivity index (χ2v) is 14.9. The van der Waals surface area contributed by atoms with Crippen LogP contribution in [0.15, 0.2) is 0 Å². The van der Waals surface area contributed by atoms with E-state index in [1.54, 1.807) is 13.3 Å². The number of carbonyl (C=O) groups is 1. The third-order valence-electron chi connectivity index (χ3n) is 3.08. The molecule has 0 rings (SSSR count). The summed E-state index contributed by atoms with van der Waals surface area (Å²) in [5.41, 5.74) is 0. The Morgan fingerprint density at radius 2 is 1.30 bits per heavy atom. The van der Waals surface area contributed by atoms with Gasteiger partial charge in [-0.1, -0.05) is 6.92 Å². The van der Waals surface area contributed by atoms with Crippen LogP contribution in [0.5, 0.6) is 0 Å². The number of unbranched alkanes of at least 4 members (excludes halogenated alkanes) is 3. The van der Waals surface area contributed by atoms with Crippen LogP contribution in [0.1, 0.15) is 66.2 Å². The topological polar surface area (TPSA) is 40.1 Å². The normalized spacial score (nSPS) is 9.80. The molecule has 4 heteroatoms. The summed E-state index contributed by atoms with van der Waals surface area (Å²) in [4.78, 5) is 9.63. The third kappa shape index (κ3) is 20.9. The van der Waals surface area contributed by atoms with E-state index in [1.807, 2.05) is 6.92 Å². The van der Waals surface area contributed by atoms with E-state index >= 15 is 0 Å². The Morgan fingerprint density at radius 3 is 1.50 bits per heavy atom. The van der Waals surface area contributed by atoms with Crippen molar-refractivity contribution in [1.29, 1.82) is 0 Å². The second kappa shape index (κ2) is 19.6. The fraction of sp³-hybridized carbons (Fsp3) is 0.938. The first-order valence-corrected chi connectivity index (χ1v) is 15.4. The maximum absolute atomic E-state index is 9.63. The van der Waals surface area contributed by atoms with E-state index in [0.717, 1.165) is 5.75 Å². The van der Waals surface area contributed by atoms with Crippen molar-refractivity contribution in [2.24, 2.45) is 0 Å². The van der Waals surface area contributed by atoms with Crippen molar-refractivity contribution in [1.82, 2.24) is 0 Å². The third-order valence-corrected chi connectivity index (χ3v) is 13.0. The number of hydrogen-bond donors (Lipinski definition) is 0. The van der Waals surface area contributed by atoms with Gasteiger partial charge in [0.15, 0.2) is 0 Å². The summed E-state index contributed by atoms with van der Waals surface area (Å²) < 4.78 is 5.04. The number of carboxylic acid groups (broad SMARTS) is 1. The Bertz CT molecular complexity index is 182. The molecule has 0 saturated heterocycles. The first-order chi connectivity index (χ1) is 9.62. The van der Waals surface area contributed by atoms with Crippen LogP contribution < -0.4 is 5.11 Å². The van der Waals surface area contributed by atoms with E-state index in [2.05, 4.69) is 20.8 Å². The quantitative estimate of drug-likeness (QED) is 0.450. The van der Waals surface area contributed by atoms with Gasteiger partial charge in [-0.15, -0.1) is 0 Å². The van der Waals surface area contributed by atoms with Gasteiger partial charge in [0.05, 0.1) is 5.97 Å². The second-order valence-electron chi connectivity index (χ2n) is 5.07. The molecule has 0 aromatic carbocycles. The molecule has 0 fully saturated rings. The zero-order chi connectivity index (χ0) is 15.6. The van der Waals surface area contributed by atoms with Crippen molar-refractivity contribution in [3.63, 3.8) is 0 Å². The Hall–Kier alpha value is 0.619. The van der Waals surface area contributed by atoms with Crippen molar-refractivity contribution in [2.75, 3.05) is 11.5 Å². The minimum atomic E-state index is -0.980. The number of aliphatic carboxylic acids is 1. The molecule has 0 spiro atoms. The summed E-state index contributed by atoms with van der Waals surface area (Å²) in [6, 6.07) is 0. The van der Waals surface area contributed by atoms with Crippen molar-refractivity contribution in [2.45, 2.75) is 79.5 Å². The predicted molar refractivity (Wildman–Crippen MR) is 92.9 cm³/mol. The zero-order valence-electron chi connectivity index (χ0n) is 14.0. The molecular formula is C16H34O2SSn. The predicted octanol–water partition coefficient (Wildman–Crippen LogP) is 4.37. The number of hydrogen-bond acceptors (Lipinski definition) is 3. The van der Waals surface area contributed by atoms with E-state index in [-0.39, 0.29) is 5.75 Å². The molecular weight excluding hydrogens is 375 g/mol. The smallest absolute Gasteiger partial charge is 0.0513 e. The molecule has 0 aromatic heterocycles. The summed E-state index contributed by atoms with van der Waals surface area (Å²) in [6.07, 6.45) is 8.85. The van der Waals surface area contributed by atoms with Crippen molar-refractivity contribution < 1.29 is 9.90 Å². The molecule has 0 unspecified atom stereocenters. The van der Waals surface area contributed by atoms with Gasteiger partial charge in [-0.3, -0.25) is 0 Å². The molecule has 0 saturated carbocycles. The summed E-state index contributed by atoms with van der Waals surface area (Å²) >= 11 is 0.515. The van der Waals surface area contributed by atoms with Crippen LogP contribution in [0.3, 0.4) is 0 Å². The monoisotopic (exact) mass is 410 g/mol. The first kappa shape index (κ1) is 22.9. The number of carbonyl (C=O) groups excluding carboxylic acids is 1. The maximum atomic E-state index is 9.63. The van der Waals surface area contributed by atoms with Crippen LogP contribution in [0.25, 0.3) is 0 Å². The molecule has 0 radical (unpaired) electrons. The van der Waals surface area contributed by atoms with Gasteiger partial charge in [0.2, 0.25) is 0 Å². The number of rotatable bonds is 12. The van der Waals surface area contributed by atoms with Gasteiger partial charge < -0.3 is 9.90 Å². The fourth-order valence-corrected chi connectivity index (χ4v) is 11.7. The van der Waals surface area contributed by atoms with Crippen LogP contribution >= 0.6 is 11.8 Å². The minimum Gasteiger partial charge on any atom is -0.549 e. The van der Waals surface area contributed by atoms with Gasteiger partial charge in [0, 0.05) is 5.75 Å². The molecule has 0 amide bonds. The molecule has 2 nitrogen and oxygen atoms in total. The Balaban J connectivity index is 0. The van der Waals surface area contributed by atoms with Crippen LogP contribution in [-0.4, -0.2) is 37.2 Å². The number of carboxylic acids is 1. The van der Waals surface area contributed by atoms with Gasteiger partial charge in [-0.05, 0) is 5.75 Å². The van der Waals surface area contributed by atoms with Gasteiger partial charge in [-0.2, -0.15) is 11.8 Å². The van der Waals surface area contributed by atoms with E-state index in [4.69, 9.17) is 0 Å². The summed E-state index contributed by atoms with van der Waals surface area (Å²) in [5.74, 6) is -0.0170. The van der Waals surface area contributed by atoms with Gasteiger partial charge in [0.25, 0.3) is 0 Å². The van der Waals surface area contributed by atoms with E-state index in [0.29, 0.717) is 0 Å². The fourth-order valence-electron chi connectivity index (χ4n) is 1.84. The molecule has 0 atom stereocenters. The van der Waals surface area contributed by atoms with Crippen LogP contribution in [0.4, 0.5) is 0 Å². The largest absolute Gasteiger partial charge is 0.549 e. The Labute approximate surface area is 138 Å². The van der Waals surface area contributed by atoms with Gasteiger partial charge in [0.1, 0.15) is 0 Å². The van der Waals surface area contributed by atoms with Crippen LogP contribution in [0.2, 0.25) is 13.3 Å². The minimum absolute atomic E-state index is 0.122. The van der Waals surface area contributed by atoms with Crippen molar-refractivity contribution in [3.05, 3.63) is 0 Å². The Kier molecular flexibility index (Phi) is 22.5. The van der Waals surface area contributed by atoms with Crippen LogP contribution in [-0.2, 0) is 4.79 Å². The number of thioether (sulfide) groups is 1. The van der Waals surface area contributed by atoms with Crippen molar-refractivity contribution in [3.8, 4) is 0 Å². The average Bonchev–Trinajstić information content (AvgIpc) is 2.45. The standard InChI is InChI=1S/C4H8O2S.3C4H9.Sn/c1-2-7-3-4(5)6;3*1-3-4-2;/h2-3H2,1H3,(H,5,6);3*1,3-4H2,2H3;/q;;;;+1/p-1. The molecule has 0 heterocycles. The molecule has 0 N–H and O–H groups in total. The van der Waals surface area contributed by atoms with Crippen LogP contribution in [0, 0.1) is 0 Å². The molecule has 0 aliphatic carbocycles. The molecule has 0 aliphatic heterocycles. The van der Waals surface area contributed by atoms with E-state index < -0.39 is 25.7 Å². The molecule has 0 aliphatic rings. The summed E-state index contributed by atoms with van der Waals surface area (Å²) in [5, 5.41) is 9.63. The summed E-state index contributed by atoms with van der Waals surface area (Å²) in [7, 11) is 0. The maximum Gasteiger partial charge on any atom is 0.0513 e. The first-order valence-electron chi connectivity index (χ1n) is 8.23. The molecule has 0 aromatic rings. The van der Waals surface area contributed by atoms with E-state index in [1.165, 1.54) is 50.3 Å². The van der Waals surface area contributed by atoms with Gasteiger partial charge in [-0.25, -0.2) is 0 Å². The summed E-state index contributed by atoms with van der Waals surface area (Å²) in [6.45, 7) is 8.91. The Morgan fingerprint density at radius 1 is 0.900 bits per heavy atom. The van der Waals surface area contributed by atoms with Gasteiger partial charge >= 0.3 is 92.4 Å². The molecule has 0 bridgehead atoms. The van der Waals surface area contributed by atoms with E-state index in [9.17, 15) is 9.90 Å².